The molecule has 0 spiro atoms. The van der Waals surface area contributed by atoms with Gasteiger partial charge >= 0.3 is 11.9 Å². The van der Waals surface area contributed by atoms with Crippen LogP contribution in [-0.4, -0.2) is 53.8 Å². The van der Waals surface area contributed by atoms with E-state index in [9.17, 15) is 14.4 Å². The number of nitrogens with one attached hydrogen (secondary N) is 1. The zero-order valence-electron chi connectivity index (χ0n) is 38.6. The first-order valence-electron chi connectivity index (χ1n) is 23.0. The Labute approximate surface area is 354 Å². The van der Waals surface area contributed by atoms with Crippen molar-refractivity contribution in [1.29, 1.82) is 0 Å². The molecule has 0 heterocycles. The molecule has 9 atom stereocenters. The van der Waals surface area contributed by atoms with Crippen LogP contribution in [0.4, 0.5) is 0 Å². The lowest BCUT2D eigenvalue weighted by Gasteiger charge is -2.72. The second-order valence-corrected chi connectivity index (χ2v) is 34.7. The summed E-state index contributed by atoms with van der Waals surface area (Å²) in [4.78, 5) is 40.0. The Kier molecular flexibility index (Phi) is 12.5. The lowest BCUT2D eigenvalue weighted by Crippen LogP contribution is -2.66. The van der Waals surface area contributed by atoms with Crippen molar-refractivity contribution in [3.05, 3.63) is 53.6 Å². The van der Waals surface area contributed by atoms with Gasteiger partial charge in [-0.25, -0.2) is 4.79 Å². The van der Waals surface area contributed by atoms with Gasteiger partial charge in [0.15, 0.2) is 0 Å². The van der Waals surface area contributed by atoms with Crippen molar-refractivity contribution in [2.45, 2.75) is 157 Å². The smallest absolute Gasteiger partial charge is 0.338 e. The van der Waals surface area contributed by atoms with E-state index in [1.807, 2.05) is 12.1 Å². The summed E-state index contributed by atoms with van der Waals surface area (Å²) in [5, 5.41) is 3.29. The van der Waals surface area contributed by atoms with E-state index in [1.54, 1.807) is 0 Å². The molecule has 1 amide bonds. The third kappa shape index (κ3) is 8.17. The third-order valence-electron chi connectivity index (χ3n) is 17.3. The van der Waals surface area contributed by atoms with Crippen molar-refractivity contribution in [1.82, 2.24) is 5.32 Å². The molecule has 6 nitrogen and oxygen atoms in total. The van der Waals surface area contributed by atoms with E-state index >= 15 is 0 Å². The van der Waals surface area contributed by atoms with Gasteiger partial charge in [0.05, 0.1) is 30.6 Å². The fraction of sp³-hybridized carbons (Fsp3) is 0.740. The summed E-state index contributed by atoms with van der Waals surface area (Å²) in [6.45, 7) is 34.7. The number of carbonyl (C=O) groups excluding carboxylic acids is 3. The Morgan fingerprint density at radius 2 is 1.41 bits per heavy atom. The van der Waals surface area contributed by atoms with E-state index in [0.717, 1.165) is 44.2 Å². The monoisotopic (exact) mass is 830 g/mol. The van der Waals surface area contributed by atoms with Gasteiger partial charge in [0.2, 0.25) is 5.91 Å². The molecule has 5 aliphatic rings. The number of hydrogen-bond donors (Lipinski definition) is 1. The lowest BCUT2D eigenvalue weighted by atomic mass is 9.32. The zero-order valence-corrected chi connectivity index (χ0v) is 40.6. The molecule has 1 N–H and O–H groups in total. The summed E-state index contributed by atoms with van der Waals surface area (Å²) in [5.74, 6) is 1.99. The van der Waals surface area contributed by atoms with E-state index in [0.29, 0.717) is 49.0 Å². The molecule has 1 aromatic rings. The number of hydrogen-bond acceptors (Lipinski definition) is 5. The quantitative estimate of drug-likeness (QED) is 0.122. The van der Waals surface area contributed by atoms with Crippen LogP contribution in [-0.2, 0) is 19.1 Å². The van der Waals surface area contributed by atoms with Crippen LogP contribution >= 0.6 is 0 Å². The van der Waals surface area contributed by atoms with E-state index in [4.69, 9.17) is 9.47 Å². The van der Waals surface area contributed by atoms with Crippen LogP contribution in [0.1, 0.15) is 122 Å². The second kappa shape index (κ2) is 16.1. The molecular weight excluding hydrogens is 751 g/mol. The number of esters is 2. The Hall–Kier alpha value is -2.46. The van der Waals surface area contributed by atoms with Gasteiger partial charge in [-0.2, -0.15) is 0 Å². The topological polar surface area (TPSA) is 81.7 Å². The number of carbonyl (C=O) groups is 3. The van der Waals surface area contributed by atoms with Crippen LogP contribution in [0.15, 0.2) is 42.5 Å². The zero-order chi connectivity index (χ0) is 42.7. The molecule has 5 aliphatic carbocycles. The summed E-state index contributed by atoms with van der Waals surface area (Å²) < 4.78 is 11.2. The van der Waals surface area contributed by atoms with E-state index < -0.39 is 21.6 Å². The molecule has 8 heteroatoms. The molecule has 0 radical (unpaired) electrons. The molecule has 58 heavy (non-hydrogen) atoms. The van der Waals surface area contributed by atoms with Gasteiger partial charge in [-0.05, 0) is 151 Å². The third-order valence-corrected chi connectivity index (χ3v) is 20.8. The van der Waals surface area contributed by atoms with Crippen LogP contribution in [0.5, 0.6) is 0 Å². The Morgan fingerprint density at radius 1 is 0.776 bits per heavy atom. The SMILES string of the molecule is C=C(C)[C@@H]1CC[C@]2(C(=O)NCCC(=O)OCC[Si](C)(C)C)CC[C@]3(C)[C@H](CC[C@@H]4[C@@]5(C)CC=C(c6ccc(C(=O)OCC[Si](C)(C)C)cc6)C(C)(C)[C@@H]5CC[C@]43C)[C@@H]12. The summed E-state index contributed by atoms with van der Waals surface area (Å²) >= 11 is 0. The molecule has 0 saturated heterocycles. The number of fused-ring (bicyclic) bond motifs is 7. The Bertz CT molecular complexity index is 1770. The van der Waals surface area contributed by atoms with Crippen molar-refractivity contribution in [2.24, 2.45) is 56.7 Å². The van der Waals surface area contributed by atoms with E-state index in [1.165, 1.54) is 42.4 Å². The fourth-order valence-corrected chi connectivity index (χ4v) is 15.4. The average Bonchev–Trinajstić information content (AvgIpc) is 3.52. The number of benzene rings is 1. The molecule has 1 aromatic carbocycles. The first kappa shape index (κ1) is 45.1. The van der Waals surface area contributed by atoms with Crippen LogP contribution in [0, 0.1) is 56.7 Å². The maximum atomic E-state index is 14.5. The minimum absolute atomic E-state index is 0.0114. The standard InChI is InChI=1S/C50H79NO5Si2/c1-34(2)37-20-26-50(45(54)51-29-23-42(52)55-30-32-57(8,9)10)28-27-48(6)39(43(37)50)18-19-41-47(5)24-21-38(46(3,4)40(47)22-25-49(41,48)7)35-14-16-36(17-15-35)44(53)56-31-33-58(11,12)13/h14-17,21,37,39-41,43H,1,18-20,22-33H2,2-13H3,(H,51,54)/t37-,39+,40-,41+,43+,47-,48+,49+,50-/m0/s1. The summed E-state index contributed by atoms with van der Waals surface area (Å²) in [5.41, 5.74) is 4.57. The molecule has 322 valence electrons. The number of ether oxygens (including phenoxy) is 2. The van der Waals surface area contributed by atoms with Crippen LogP contribution in [0.25, 0.3) is 5.57 Å². The van der Waals surface area contributed by atoms with Gasteiger partial charge in [-0.15, -0.1) is 0 Å². The second-order valence-electron chi connectivity index (χ2n) is 23.4. The van der Waals surface area contributed by atoms with Gasteiger partial charge < -0.3 is 14.8 Å². The predicted molar refractivity (Wildman–Crippen MR) is 244 cm³/mol. The Balaban J connectivity index is 1.19. The van der Waals surface area contributed by atoms with E-state index in [2.05, 4.69) is 111 Å². The van der Waals surface area contributed by atoms with Gasteiger partial charge in [-0.3, -0.25) is 9.59 Å². The lowest BCUT2D eigenvalue weighted by molar-refractivity contribution is -0.225. The highest BCUT2D eigenvalue weighted by Gasteiger charge is 2.71. The summed E-state index contributed by atoms with van der Waals surface area (Å²) in [7, 11) is -2.55. The van der Waals surface area contributed by atoms with Gasteiger partial charge in [-0.1, -0.05) is 104 Å². The van der Waals surface area contributed by atoms with Crippen molar-refractivity contribution < 1.29 is 23.9 Å². The van der Waals surface area contributed by atoms with Crippen molar-refractivity contribution in [3.63, 3.8) is 0 Å². The molecule has 4 saturated carbocycles. The van der Waals surface area contributed by atoms with Gasteiger partial charge in [0.25, 0.3) is 0 Å². The van der Waals surface area contributed by atoms with Crippen LogP contribution in [0.2, 0.25) is 51.4 Å². The van der Waals surface area contributed by atoms with Crippen molar-refractivity contribution >= 4 is 39.6 Å². The highest BCUT2D eigenvalue weighted by molar-refractivity contribution is 6.76. The molecule has 0 aliphatic heterocycles. The molecular formula is C50H79NO5Si2. The minimum Gasteiger partial charge on any atom is -0.466 e. The maximum Gasteiger partial charge on any atom is 0.338 e. The van der Waals surface area contributed by atoms with Crippen LogP contribution < -0.4 is 5.32 Å². The molecule has 6 rings (SSSR count). The number of rotatable bonds is 13. The summed E-state index contributed by atoms with van der Waals surface area (Å²) in [6, 6.07) is 10.2. The molecule has 0 unspecified atom stereocenters. The number of amides is 1. The van der Waals surface area contributed by atoms with Gasteiger partial charge in [0.1, 0.15) is 0 Å². The highest BCUT2D eigenvalue weighted by atomic mass is 28.3. The van der Waals surface area contributed by atoms with Crippen molar-refractivity contribution in [3.8, 4) is 0 Å². The Morgan fingerprint density at radius 3 is 2.03 bits per heavy atom. The first-order chi connectivity index (χ1) is 26.9. The minimum atomic E-state index is -1.28. The molecule has 4 fully saturated rings. The molecule has 0 aromatic heterocycles. The number of allylic oxidation sites excluding steroid dienone is 3. The van der Waals surface area contributed by atoms with Gasteiger partial charge in [0, 0.05) is 22.7 Å². The maximum absolute atomic E-state index is 14.5. The van der Waals surface area contributed by atoms with Crippen molar-refractivity contribution in [2.75, 3.05) is 19.8 Å². The van der Waals surface area contributed by atoms with Crippen LogP contribution in [0.3, 0.4) is 0 Å². The first-order valence-corrected chi connectivity index (χ1v) is 30.4. The normalized spacial score (nSPS) is 35.3. The highest BCUT2D eigenvalue weighted by Crippen LogP contribution is 2.77. The average molecular weight is 830 g/mol. The predicted octanol–water partition coefficient (Wildman–Crippen LogP) is 12.2. The summed E-state index contributed by atoms with van der Waals surface area (Å²) in [6.07, 6.45) is 12.6. The fourth-order valence-electron chi connectivity index (χ4n) is 14.0. The molecule has 0 bridgehead atoms. The largest absolute Gasteiger partial charge is 0.466 e. The van der Waals surface area contributed by atoms with E-state index in [-0.39, 0.29) is 51.8 Å².